The summed E-state index contributed by atoms with van der Waals surface area (Å²) in [5.74, 6) is -0.374. The van der Waals surface area contributed by atoms with E-state index >= 15 is 0 Å². The summed E-state index contributed by atoms with van der Waals surface area (Å²) in [5, 5.41) is 0. The Hall–Kier alpha value is -2.27. The minimum atomic E-state index is -0.352. The van der Waals surface area contributed by atoms with Crippen molar-refractivity contribution in [3.63, 3.8) is 0 Å². The van der Waals surface area contributed by atoms with Crippen molar-refractivity contribution in [2.75, 3.05) is 24.5 Å². The van der Waals surface area contributed by atoms with Gasteiger partial charge in [0.1, 0.15) is 11.6 Å². The average Bonchev–Trinajstić information content (AvgIpc) is 2.70. The standard InChI is InChI=1S/C23H28F2N2O/c1-3-23(28)27(22-7-5-4-6-20(22)25)21-13-15-26(16-17(21)2)14-12-18-8-10-19(24)11-9-18/h4-11,17,21H,3,12-16H2,1-2H3/t17-,21-/m0/s1. The van der Waals surface area contributed by atoms with E-state index in [4.69, 9.17) is 0 Å². The van der Waals surface area contributed by atoms with E-state index in [9.17, 15) is 13.6 Å². The smallest absolute Gasteiger partial charge is 0.227 e. The minimum Gasteiger partial charge on any atom is -0.306 e. The number of rotatable bonds is 6. The van der Waals surface area contributed by atoms with Crippen LogP contribution >= 0.6 is 0 Å². The SMILES string of the molecule is CCC(=O)N(c1ccccc1F)[C@H]1CCN(CCc2ccc(F)cc2)C[C@@H]1C. The summed E-state index contributed by atoms with van der Waals surface area (Å²) < 4.78 is 27.4. The molecule has 2 atom stereocenters. The first-order chi connectivity index (χ1) is 13.5. The fourth-order valence-corrected chi connectivity index (χ4v) is 4.06. The molecule has 0 unspecified atom stereocenters. The molecular weight excluding hydrogens is 358 g/mol. The normalized spacial score (nSPS) is 20.1. The van der Waals surface area contributed by atoms with Gasteiger partial charge in [-0.25, -0.2) is 8.78 Å². The number of hydrogen-bond acceptors (Lipinski definition) is 2. The number of carbonyl (C=O) groups is 1. The topological polar surface area (TPSA) is 23.6 Å². The molecule has 3 nitrogen and oxygen atoms in total. The van der Waals surface area contributed by atoms with Gasteiger partial charge in [0, 0.05) is 32.1 Å². The molecule has 28 heavy (non-hydrogen) atoms. The molecule has 1 heterocycles. The summed E-state index contributed by atoms with van der Waals surface area (Å²) in [6, 6.07) is 13.2. The van der Waals surface area contributed by atoms with E-state index in [1.807, 2.05) is 19.1 Å². The number of halogens is 2. The lowest BCUT2D eigenvalue weighted by Gasteiger charge is -2.42. The van der Waals surface area contributed by atoms with Crippen LogP contribution < -0.4 is 4.90 Å². The summed E-state index contributed by atoms with van der Waals surface area (Å²) in [5.41, 5.74) is 1.50. The number of nitrogens with zero attached hydrogens (tertiary/aromatic N) is 2. The fourth-order valence-electron chi connectivity index (χ4n) is 4.06. The summed E-state index contributed by atoms with van der Waals surface area (Å²) in [4.78, 5) is 16.7. The monoisotopic (exact) mass is 386 g/mol. The Bertz CT molecular complexity index is 793. The van der Waals surface area contributed by atoms with Crippen LogP contribution in [0.5, 0.6) is 0 Å². The molecule has 1 aliphatic rings. The van der Waals surface area contributed by atoms with Gasteiger partial charge in [-0.15, -0.1) is 0 Å². The Kier molecular flexibility index (Phi) is 6.79. The minimum absolute atomic E-state index is 0.00794. The molecule has 1 fully saturated rings. The van der Waals surface area contributed by atoms with Crippen LogP contribution in [0.4, 0.5) is 14.5 Å². The molecule has 0 saturated carbocycles. The molecule has 2 aromatic carbocycles. The van der Waals surface area contributed by atoms with Crippen molar-refractivity contribution < 1.29 is 13.6 Å². The van der Waals surface area contributed by atoms with Crippen LogP contribution in [0.2, 0.25) is 0 Å². The van der Waals surface area contributed by atoms with Crippen molar-refractivity contribution in [2.45, 2.75) is 39.2 Å². The van der Waals surface area contributed by atoms with Crippen LogP contribution in [0.25, 0.3) is 0 Å². The maximum Gasteiger partial charge on any atom is 0.227 e. The van der Waals surface area contributed by atoms with Crippen LogP contribution in [0, 0.1) is 17.6 Å². The Morgan fingerprint density at radius 1 is 1.14 bits per heavy atom. The zero-order valence-corrected chi connectivity index (χ0v) is 16.6. The molecule has 5 heteroatoms. The van der Waals surface area contributed by atoms with E-state index in [1.165, 1.54) is 18.2 Å². The maximum atomic E-state index is 14.4. The number of piperidine rings is 1. The van der Waals surface area contributed by atoms with Crippen LogP contribution in [0.1, 0.15) is 32.3 Å². The van der Waals surface area contributed by atoms with Gasteiger partial charge in [-0.1, -0.05) is 38.1 Å². The Morgan fingerprint density at radius 3 is 2.50 bits per heavy atom. The summed E-state index contributed by atoms with van der Waals surface area (Å²) in [6.07, 6.45) is 2.03. The molecule has 3 rings (SSSR count). The van der Waals surface area contributed by atoms with E-state index in [2.05, 4.69) is 11.8 Å². The third-order valence-corrected chi connectivity index (χ3v) is 5.59. The number of amides is 1. The molecular formula is C23H28F2N2O. The van der Waals surface area contributed by atoms with Gasteiger partial charge in [0.05, 0.1) is 5.69 Å². The Labute approximate surface area is 166 Å². The van der Waals surface area contributed by atoms with Crippen molar-refractivity contribution in [3.8, 4) is 0 Å². The highest BCUT2D eigenvalue weighted by Crippen LogP contribution is 2.30. The van der Waals surface area contributed by atoms with Gasteiger partial charge in [-0.3, -0.25) is 4.79 Å². The lowest BCUT2D eigenvalue weighted by molar-refractivity contribution is -0.119. The van der Waals surface area contributed by atoms with Crippen LogP contribution in [0.3, 0.4) is 0 Å². The molecule has 0 spiro atoms. The lowest BCUT2D eigenvalue weighted by atomic mass is 9.91. The molecule has 0 bridgehead atoms. The van der Waals surface area contributed by atoms with Gasteiger partial charge < -0.3 is 9.80 Å². The molecule has 2 aromatic rings. The highest BCUT2D eigenvalue weighted by atomic mass is 19.1. The van der Waals surface area contributed by atoms with Crippen LogP contribution in [0.15, 0.2) is 48.5 Å². The predicted octanol–water partition coefficient (Wildman–Crippen LogP) is 4.66. The molecule has 1 aliphatic heterocycles. The van der Waals surface area contributed by atoms with E-state index < -0.39 is 0 Å². The van der Waals surface area contributed by atoms with Gasteiger partial charge in [-0.05, 0) is 48.6 Å². The quantitative estimate of drug-likeness (QED) is 0.721. The largest absolute Gasteiger partial charge is 0.306 e. The molecule has 1 amide bonds. The first-order valence-electron chi connectivity index (χ1n) is 10.0. The van der Waals surface area contributed by atoms with Gasteiger partial charge in [0.15, 0.2) is 0 Å². The number of likely N-dealkylation sites (tertiary alicyclic amines) is 1. The number of para-hydroxylation sites is 1. The zero-order chi connectivity index (χ0) is 20.1. The highest BCUT2D eigenvalue weighted by molar-refractivity contribution is 5.94. The number of anilines is 1. The second-order valence-electron chi connectivity index (χ2n) is 7.58. The van der Waals surface area contributed by atoms with E-state index in [0.29, 0.717) is 12.1 Å². The Morgan fingerprint density at radius 2 is 1.86 bits per heavy atom. The molecule has 0 radical (unpaired) electrons. The third kappa shape index (κ3) is 4.76. The second kappa shape index (κ2) is 9.28. The Balaban J connectivity index is 1.66. The lowest BCUT2D eigenvalue weighted by Crippen LogP contribution is -2.52. The van der Waals surface area contributed by atoms with E-state index in [-0.39, 0.29) is 29.5 Å². The van der Waals surface area contributed by atoms with E-state index in [1.54, 1.807) is 23.1 Å². The molecule has 0 N–H and O–H groups in total. The highest BCUT2D eigenvalue weighted by Gasteiger charge is 2.34. The second-order valence-corrected chi connectivity index (χ2v) is 7.58. The van der Waals surface area contributed by atoms with Crippen molar-refractivity contribution in [3.05, 3.63) is 65.7 Å². The van der Waals surface area contributed by atoms with Gasteiger partial charge in [-0.2, -0.15) is 0 Å². The molecule has 0 aliphatic carbocycles. The maximum absolute atomic E-state index is 14.4. The number of carbonyl (C=O) groups excluding carboxylic acids is 1. The number of benzene rings is 2. The third-order valence-electron chi connectivity index (χ3n) is 5.59. The van der Waals surface area contributed by atoms with Crippen LogP contribution in [-0.2, 0) is 11.2 Å². The summed E-state index contributed by atoms with van der Waals surface area (Å²) in [7, 11) is 0. The first kappa shape index (κ1) is 20.5. The first-order valence-corrected chi connectivity index (χ1v) is 10.0. The summed E-state index contributed by atoms with van der Waals surface area (Å²) in [6.45, 7) is 6.56. The number of hydrogen-bond donors (Lipinski definition) is 0. The van der Waals surface area contributed by atoms with Gasteiger partial charge in [0.25, 0.3) is 0 Å². The average molecular weight is 386 g/mol. The fraction of sp³-hybridized carbons (Fsp3) is 0.435. The van der Waals surface area contributed by atoms with Crippen molar-refractivity contribution in [1.29, 1.82) is 0 Å². The van der Waals surface area contributed by atoms with Crippen molar-refractivity contribution >= 4 is 11.6 Å². The van der Waals surface area contributed by atoms with Crippen molar-refractivity contribution in [2.24, 2.45) is 5.92 Å². The van der Waals surface area contributed by atoms with Crippen LogP contribution in [-0.4, -0.2) is 36.5 Å². The van der Waals surface area contributed by atoms with Gasteiger partial charge >= 0.3 is 0 Å². The zero-order valence-electron chi connectivity index (χ0n) is 16.6. The molecule has 0 aromatic heterocycles. The molecule has 1 saturated heterocycles. The predicted molar refractivity (Wildman–Crippen MR) is 108 cm³/mol. The van der Waals surface area contributed by atoms with E-state index in [0.717, 1.165) is 38.0 Å². The van der Waals surface area contributed by atoms with Gasteiger partial charge in [0.2, 0.25) is 5.91 Å². The van der Waals surface area contributed by atoms with Crippen molar-refractivity contribution in [1.82, 2.24) is 4.90 Å². The summed E-state index contributed by atoms with van der Waals surface area (Å²) >= 11 is 0. The molecule has 150 valence electrons.